The minimum Gasteiger partial charge on any atom is -0.489 e. The van der Waals surface area contributed by atoms with E-state index in [4.69, 9.17) is 14.6 Å². The molecule has 2 rings (SSSR count). The highest BCUT2D eigenvalue weighted by molar-refractivity contribution is 5.87. The van der Waals surface area contributed by atoms with Gasteiger partial charge in [0.05, 0.1) is 12.0 Å². The van der Waals surface area contributed by atoms with E-state index in [1.807, 2.05) is 5.32 Å². The van der Waals surface area contributed by atoms with Crippen molar-refractivity contribution in [1.29, 1.82) is 0 Å². The summed E-state index contributed by atoms with van der Waals surface area (Å²) in [5.74, 6) is 0.461. The van der Waals surface area contributed by atoms with Crippen LogP contribution in [0.2, 0.25) is 0 Å². The molecule has 1 aromatic carbocycles. The van der Waals surface area contributed by atoms with Crippen molar-refractivity contribution in [3.8, 4) is 5.75 Å². The average Bonchev–Trinajstić information content (AvgIpc) is 2.47. The summed E-state index contributed by atoms with van der Waals surface area (Å²) in [6, 6.07) is 4.93. The number of anilines is 1. The molecule has 8 heteroatoms. The molecule has 1 aliphatic rings. The zero-order chi connectivity index (χ0) is 15.2. The summed E-state index contributed by atoms with van der Waals surface area (Å²) in [6.45, 7) is -0.122. The third-order valence-corrected chi connectivity index (χ3v) is 2.72. The van der Waals surface area contributed by atoms with Crippen molar-refractivity contribution in [2.24, 2.45) is 0 Å². The third kappa shape index (κ3) is 4.10. The van der Waals surface area contributed by atoms with Crippen molar-refractivity contribution < 1.29 is 28.6 Å². The average molecular weight is 296 g/mol. The number of amides is 2. The van der Waals surface area contributed by atoms with Crippen LogP contribution >= 0.6 is 0 Å². The summed E-state index contributed by atoms with van der Waals surface area (Å²) in [5.41, 5.74) is 1.52. The molecule has 0 radical (unpaired) electrons. The lowest BCUT2D eigenvalue weighted by molar-refractivity contribution is 0.151. The molecule has 3 N–H and O–H groups in total. The van der Waals surface area contributed by atoms with Gasteiger partial charge in [-0.05, 0) is 18.2 Å². The van der Waals surface area contributed by atoms with Crippen molar-refractivity contribution in [3.63, 3.8) is 0 Å². The van der Waals surface area contributed by atoms with Crippen LogP contribution in [0.15, 0.2) is 30.1 Å². The van der Waals surface area contributed by atoms with Crippen LogP contribution in [0.3, 0.4) is 0 Å². The fourth-order valence-corrected chi connectivity index (χ4v) is 1.68. The van der Waals surface area contributed by atoms with Gasteiger partial charge in [-0.25, -0.2) is 14.0 Å². The minimum atomic E-state index is -1.24. The summed E-state index contributed by atoms with van der Waals surface area (Å²) in [5, 5.41) is 13.0. The number of carboxylic acid groups (broad SMARTS) is 1. The van der Waals surface area contributed by atoms with E-state index in [1.165, 1.54) is 0 Å². The molecule has 0 saturated carbocycles. The number of carbonyl (C=O) groups is 2. The zero-order valence-electron chi connectivity index (χ0n) is 10.9. The van der Waals surface area contributed by atoms with Crippen LogP contribution in [0.5, 0.6) is 5.75 Å². The Morgan fingerprint density at radius 1 is 1.57 bits per heavy atom. The quantitative estimate of drug-likeness (QED) is 0.774. The Bertz CT molecular complexity index is 588. The number of benzene rings is 1. The topological polar surface area (TPSA) is 96.9 Å². The molecule has 1 heterocycles. The smallest absolute Gasteiger partial charge is 0.411 e. The predicted molar refractivity (Wildman–Crippen MR) is 71.0 cm³/mol. The maximum absolute atomic E-state index is 12.6. The van der Waals surface area contributed by atoms with Gasteiger partial charge in [0.25, 0.3) is 0 Å². The first-order valence-electron chi connectivity index (χ1n) is 6.03. The molecule has 112 valence electrons. The molecule has 0 spiro atoms. The van der Waals surface area contributed by atoms with Gasteiger partial charge in [-0.1, -0.05) is 0 Å². The lowest BCUT2D eigenvalue weighted by atomic mass is 10.1. The number of nitrogens with one attached hydrogen (secondary N) is 2. The molecule has 0 saturated heterocycles. The van der Waals surface area contributed by atoms with Crippen LogP contribution in [0.1, 0.15) is 5.56 Å². The first-order chi connectivity index (χ1) is 10.1. The minimum absolute atomic E-state index is 0.0945. The molecule has 1 aromatic rings. The Hall–Kier alpha value is -2.77. The summed E-state index contributed by atoms with van der Waals surface area (Å²) in [4.78, 5) is 21.4. The molecule has 0 fully saturated rings. The molecule has 21 heavy (non-hydrogen) atoms. The molecule has 0 atom stereocenters. The van der Waals surface area contributed by atoms with E-state index in [0.29, 0.717) is 17.8 Å². The van der Waals surface area contributed by atoms with Gasteiger partial charge in [0, 0.05) is 17.7 Å². The number of rotatable bonds is 5. The Morgan fingerprint density at radius 2 is 2.38 bits per heavy atom. The van der Waals surface area contributed by atoms with Gasteiger partial charge >= 0.3 is 12.2 Å². The molecule has 1 aliphatic heterocycles. The van der Waals surface area contributed by atoms with Gasteiger partial charge < -0.3 is 19.9 Å². The standard InChI is InChI=1S/C13H13FN2O5/c14-4-8(5-15-12(17)18)6-20-10-1-2-11-9(3-10)7-21-13(19)16-11/h1-4,15H,5-7H2,(H,16,19)(H,17,18). The maximum Gasteiger partial charge on any atom is 0.411 e. The van der Waals surface area contributed by atoms with Gasteiger partial charge in [0.1, 0.15) is 19.0 Å². The van der Waals surface area contributed by atoms with Crippen LogP contribution < -0.4 is 15.4 Å². The molecule has 0 aromatic heterocycles. The number of halogens is 1. The molecule has 2 amide bonds. The zero-order valence-corrected chi connectivity index (χ0v) is 10.9. The van der Waals surface area contributed by atoms with Gasteiger partial charge in [-0.2, -0.15) is 0 Å². The summed E-state index contributed by atoms with van der Waals surface area (Å²) < 4.78 is 22.8. The van der Waals surface area contributed by atoms with E-state index in [9.17, 15) is 14.0 Å². The largest absolute Gasteiger partial charge is 0.489 e. The van der Waals surface area contributed by atoms with Gasteiger partial charge in [0.2, 0.25) is 0 Å². The summed E-state index contributed by atoms with van der Waals surface area (Å²) in [7, 11) is 0. The Balaban J connectivity index is 1.94. The third-order valence-electron chi connectivity index (χ3n) is 2.72. The highest BCUT2D eigenvalue weighted by Gasteiger charge is 2.16. The van der Waals surface area contributed by atoms with Crippen LogP contribution in [0.4, 0.5) is 19.7 Å². The van der Waals surface area contributed by atoms with E-state index < -0.39 is 12.2 Å². The highest BCUT2D eigenvalue weighted by atomic mass is 19.1. The van der Waals surface area contributed by atoms with E-state index in [2.05, 4.69) is 5.32 Å². The lowest BCUT2D eigenvalue weighted by Gasteiger charge is -2.18. The van der Waals surface area contributed by atoms with Crippen LogP contribution in [-0.4, -0.2) is 30.4 Å². The van der Waals surface area contributed by atoms with E-state index in [0.717, 1.165) is 5.56 Å². The fourth-order valence-electron chi connectivity index (χ4n) is 1.68. The van der Waals surface area contributed by atoms with Crippen molar-refractivity contribution in [1.82, 2.24) is 5.32 Å². The van der Waals surface area contributed by atoms with Gasteiger partial charge in [0.15, 0.2) is 0 Å². The molecular formula is C13H13FN2O5. The molecule has 0 bridgehead atoms. The molecule has 7 nitrogen and oxygen atoms in total. The van der Waals surface area contributed by atoms with Crippen LogP contribution in [0, 0.1) is 0 Å². The first-order valence-corrected chi connectivity index (χ1v) is 6.03. The van der Waals surface area contributed by atoms with Crippen LogP contribution in [0.25, 0.3) is 0 Å². The van der Waals surface area contributed by atoms with E-state index in [-0.39, 0.29) is 25.3 Å². The normalized spacial score (nSPS) is 13.8. The number of hydrogen-bond acceptors (Lipinski definition) is 4. The summed E-state index contributed by atoms with van der Waals surface area (Å²) in [6.07, 6.45) is -1.45. The number of cyclic esters (lactones) is 1. The lowest BCUT2D eigenvalue weighted by Crippen LogP contribution is -2.25. The summed E-state index contributed by atoms with van der Waals surface area (Å²) >= 11 is 0. The van der Waals surface area contributed by atoms with Gasteiger partial charge in [-0.15, -0.1) is 0 Å². The molecule has 0 aliphatic carbocycles. The van der Waals surface area contributed by atoms with Crippen molar-refractivity contribution in [2.45, 2.75) is 6.61 Å². The van der Waals surface area contributed by atoms with Crippen LogP contribution in [-0.2, 0) is 11.3 Å². The van der Waals surface area contributed by atoms with Gasteiger partial charge in [-0.3, -0.25) is 5.32 Å². The second kappa shape index (κ2) is 6.60. The Morgan fingerprint density at radius 3 is 3.10 bits per heavy atom. The second-order valence-corrected chi connectivity index (χ2v) is 4.23. The monoisotopic (exact) mass is 296 g/mol. The van der Waals surface area contributed by atoms with Crippen molar-refractivity contribution >= 4 is 17.9 Å². The molecule has 0 unspecified atom stereocenters. The number of carbonyl (C=O) groups excluding carboxylic acids is 1. The second-order valence-electron chi connectivity index (χ2n) is 4.23. The first kappa shape index (κ1) is 14.6. The SMILES string of the molecule is O=C(O)NCC(=CF)COc1ccc2c(c1)COC(=O)N2. The molecular weight excluding hydrogens is 283 g/mol. The Labute approximate surface area is 119 Å². The predicted octanol–water partition coefficient (Wildman–Crippen LogP) is 2.25. The van der Waals surface area contributed by atoms with Crippen molar-refractivity contribution in [2.75, 3.05) is 18.5 Å². The number of ether oxygens (including phenoxy) is 2. The highest BCUT2D eigenvalue weighted by Crippen LogP contribution is 2.26. The fraction of sp³-hybridized carbons (Fsp3) is 0.231. The van der Waals surface area contributed by atoms with E-state index >= 15 is 0 Å². The number of fused-ring (bicyclic) bond motifs is 1. The van der Waals surface area contributed by atoms with Crippen molar-refractivity contribution in [3.05, 3.63) is 35.7 Å². The number of hydrogen-bond donors (Lipinski definition) is 3. The Kier molecular flexibility index (Phi) is 4.60. The van der Waals surface area contributed by atoms with E-state index in [1.54, 1.807) is 18.2 Å². The maximum atomic E-state index is 12.6.